The first-order valence-electron chi connectivity index (χ1n) is 11.9. The van der Waals surface area contributed by atoms with Crippen molar-refractivity contribution in [3.63, 3.8) is 0 Å². The number of fused-ring (bicyclic) bond motifs is 1. The molecular formula is C28H27FN2O3S. The number of halogens is 1. The maximum absolute atomic E-state index is 15.4. The van der Waals surface area contributed by atoms with Crippen LogP contribution >= 0.6 is 0 Å². The van der Waals surface area contributed by atoms with Gasteiger partial charge in [0.2, 0.25) is 15.3 Å². The number of sulfone groups is 1. The monoisotopic (exact) mass is 490 g/mol. The molecule has 0 atom stereocenters. The number of anilines is 1. The first-order valence-corrected chi connectivity index (χ1v) is 13.4. The lowest BCUT2D eigenvalue weighted by molar-refractivity contribution is 0.593. The van der Waals surface area contributed by atoms with Crippen LogP contribution in [0, 0.1) is 5.82 Å². The second-order valence-electron chi connectivity index (χ2n) is 8.97. The summed E-state index contributed by atoms with van der Waals surface area (Å²) < 4.78 is 44.0. The van der Waals surface area contributed by atoms with Crippen LogP contribution in [-0.2, 0) is 16.4 Å². The van der Waals surface area contributed by atoms with E-state index >= 15 is 4.39 Å². The fourth-order valence-electron chi connectivity index (χ4n) is 4.76. The third-order valence-corrected chi connectivity index (χ3v) is 8.36. The molecule has 0 amide bonds. The highest BCUT2D eigenvalue weighted by atomic mass is 32.2. The van der Waals surface area contributed by atoms with Gasteiger partial charge in [0.25, 0.3) is 0 Å². The number of aromatic nitrogens is 1. The SMILES string of the molecule is O=c1c(S(=O)(=O)c2ccccc2)cn(Cc2ccccc2)c2cc(N3CCCCCC3)c(F)cc12. The zero-order chi connectivity index (χ0) is 24.4. The third kappa shape index (κ3) is 4.60. The summed E-state index contributed by atoms with van der Waals surface area (Å²) in [5.41, 5.74) is 1.24. The van der Waals surface area contributed by atoms with Gasteiger partial charge in [-0.1, -0.05) is 61.4 Å². The lowest BCUT2D eigenvalue weighted by atomic mass is 10.1. The molecule has 0 aliphatic carbocycles. The van der Waals surface area contributed by atoms with E-state index in [0.717, 1.165) is 44.3 Å². The molecule has 180 valence electrons. The maximum atomic E-state index is 15.4. The van der Waals surface area contributed by atoms with E-state index in [1.165, 1.54) is 24.4 Å². The van der Waals surface area contributed by atoms with Gasteiger partial charge in [-0.15, -0.1) is 0 Å². The van der Waals surface area contributed by atoms with Gasteiger partial charge in [-0.05, 0) is 42.7 Å². The molecule has 0 bridgehead atoms. The van der Waals surface area contributed by atoms with Gasteiger partial charge >= 0.3 is 0 Å². The summed E-state index contributed by atoms with van der Waals surface area (Å²) >= 11 is 0. The van der Waals surface area contributed by atoms with Crippen molar-refractivity contribution >= 4 is 26.4 Å². The Balaban J connectivity index is 1.74. The largest absolute Gasteiger partial charge is 0.369 e. The molecule has 1 aromatic heterocycles. The van der Waals surface area contributed by atoms with Gasteiger partial charge in [-0.3, -0.25) is 4.79 Å². The van der Waals surface area contributed by atoms with E-state index in [0.29, 0.717) is 17.7 Å². The highest BCUT2D eigenvalue weighted by Gasteiger charge is 2.25. The second-order valence-corrected chi connectivity index (χ2v) is 10.9. The van der Waals surface area contributed by atoms with Crippen LogP contribution in [0.2, 0.25) is 0 Å². The van der Waals surface area contributed by atoms with Crippen molar-refractivity contribution in [1.82, 2.24) is 4.57 Å². The topological polar surface area (TPSA) is 59.4 Å². The van der Waals surface area contributed by atoms with E-state index in [9.17, 15) is 13.2 Å². The van der Waals surface area contributed by atoms with Gasteiger partial charge in [0.1, 0.15) is 10.7 Å². The maximum Gasteiger partial charge on any atom is 0.211 e. The number of pyridine rings is 1. The Kier molecular flexibility index (Phi) is 6.43. The van der Waals surface area contributed by atoms with Crippen molar-refractivity contribution < 1.29 is 12.8 Å². The van der Waals surface area contributed by atoms with Crippen LogP contribution in [0.25, 0.3) is 10.9 Å². The van der Waals surface area contributed by atoms with Crippen molar-refractivity contribution in [1.29, 1.82) is 0 Å². The minimum absolute atomic E-state index is 0.0318. The molecule has 0 radical (unpaired) electrons. The molecule has 0 spiro atoms. The number of rotatable bonds is 5. The molecule has 5 rings (SSSR count). The van der Waals surface area contributed by atoms with Crippen LogP contribution < -0.4 is 10.3 Å². The number of nitrogens with zero attached hydrogens (tertiary/aromatic N) is 2. The lowest BCUT2D eigenvalue weighted by Gasteiger charge is -2.24. The van der Waals surface area contributed by atoms with Crippen LogP contribution in [0.4, 0.5) is 10.1 Å². The van der Waals surface area contributed by atoms with E-state index in [-0.39, 0.29) is 15.2 Å². The molecule has 1 fully saturated rings. The molecule has 1 saturated heterocycles. The molecule has 0 N–H and O–H groups in total. The summed E-state index contributed by atoms with van der Waals surface area (Å²) in [6, 6.07) is 20.4. The number of hydrogen-bond donors (Lipinski definition) is 0. The van der Waals surface area contributed by atoms with Crippen LogP contribution in [0.1, 0.15) is 31.2 Å². The summed E-state index contributed by atoms with van der Waals surface area (Å²) in [6.07, 6.45) is 5.62. The normalized spacial score (nSPS) is 14.7. The predicted octanol–water partition coefficient (Wildman–Crippen LogP) is 5.40. The van der Waals surface area contributed by atoms with Crippen LogP contribution in [-0.4, -0.2) is 26.1 Å². The molecule has 1 aliphatic rings. The summed E-state index contributed by atoms with van der Waals surface area (Å²) in [6.45, 7) is 1.86. The predicted molar refractivity (Wildman–Crippen MR) is 136 cm³/mol. The van der Waals surface area contributed by atoms with Crippen molar-refractivity contribution in [2.24, 2.45) is 0 Å². The summed E-state index contributed by atoms with van der Waals surface area (Å²) in [5.74, 6) is -0.503. The molecule has 1 aliphatic heterocycles. The zero-order valence-electron chi connectivity index (χ0n) is 19.4. The number of benzene rings is 3. The highest BCUT2D eigenvalue weighted by molar-refractivity contribution is 7.91. The molecule has 0 saturated carbocycles. The molecular weight excluding hydrogens is 463 g/mol. The Labute approximate surface area is 204 Å². The Morgan fingerprint density at radius 2 is 1.46 bits per heavy atom. The van der Waals surface area contributed by atoms with Gasteiger partial charge in [-0.25, -0.2) is 12.8 Å². The first-order chi connectivity index (χ1) is 16.9. The standard InChI is InChI=1S/C28H27FN2O3S/c29-24-17-23-25(18-26(24)30-15-9-1-2-10-16-30)31(19-21-11-5-3-6-12-21)20-27(28(23)32)35(33,34)22-13-7-4-8-14-22/h3-8,11-14,17-18,20H,1-2,9-10,15-16,19H2. The van der Waals surface area contributed by atoms with Crippen molar-refractivity contribution in [3.8, 4) is 0 Å². The molecule has 3 aromatic carbocycles. The Morgan fingerprint density at radius 1 is 0.829 bits per heavy atom. The van der Waals surface area contributed by atoms with Gasteiger partial charge < -0.3 is 9.47 Å². The fourth-order valence-corrected chi connectivity index (χ4v) is 6.15. The Bertz CT molecular complexity index is 1510. The lowest BCUT2D eigenvalue weighted by Crippen LogP contribution is -2.26. The minimum atomic E-state index is -4.09. The van der Waals surface area contributed by atoms with Gasteiger partial charge in [0, 0.05) is 25.8 Å². The summed E-state index contributed by atoms with van der Waals surface area (Å²) in [4.78, 5) is 15.2. The van der Waals surface area contributed by atoms with Crippen LogP contribution in [0.15, 0.2) is 93.6 Å². The quantitative estimate of drug-likeness (QED) is 0.376. The molecule has 0 unspecified atom stereocenters. The Morgan fingerprint density at radius 3 is 2.11 bits per heavy atom. The fraction of sp³-hybridized carbons (Fsp3) is 0.250. The molecule has 5 nitrogen and oxygen atoms in total. The summed E-state index contributed by atoms with van der Waals surface area (Å²) in [7, 11) is -4.09. The Hall–Kier alpha value is -3.45. The van der Waals surface area contributed by atoms with E-state index < -0.39 is 21.1 Å². The average Bonchev–Trinajstić information content (AvgIpc) is 3.16. The zero-order valence-corrected chi connectivity index (χ0v) is 20.2. The third-order valence-electron chi connectivity index (χ3n) is 6.60. The molecule has 35 heavy (non-hydrogen) atoms. The van der Waals surface area contributed by atoms with E-state index in [2.05, 4.69) is 0 Å². The van der Waals surface area contributed by atoms with Gasteiger partial charge in [0.05, 0.1) is 21.5 Å². The first kappa shape index (κ1) is 23.3. The van der Waals surface area contributed by atoms with Crippen molar-refractivity contribution in [2.75, 3.05) is 18.0 Å². The van der Waals surface area contributed by atoms with E-state index in [4.69, 9.17) is 0 Å². The van der Waals surface area contributed by atoms with Gasteiger partial charge in [0.15, 0.2) is 0 Å². The second kappa shape index (κ2) is 9.66. The van der Waals surface area contributed by atoms with E-state index in [1.54, 1.807) is 28.8 Å². The summed E-state index contributed by atoms with van der Waals surface area (Å²) in [5, 5.41) is 0.0639. The van der Waals surface area contributed by atoms with Crippen molar-refractivity contribution in [3.05, 3.63) is 101 Å². The molecule has 4 aromatic rings. The minimum Gasteiger partial charge on any atom is -0.369 e. The highest BCUT2D eigenvalue weighted by Crippen LogP contribution is 2.29. The molecule has 2 heterocycles. The number of hydrogen-bond acceptors (Lipinski definition) is 4. The van der Waals surface area contributed by atoms with E-state index in [1.807, 2.05) is 35.2 Å². The average molecular weight is 491 g/mol. The van der Waals surface area contributed by atoms with Crippen LogP contribution in [0.3, 0.4) is 0 Å². The van der Waals surface area contributed by atoms with Crippen LogP contribution in [0.5, 0.6) is 0 Å². The molecule has 7 heteroatoms. The van der Waals surface area contributed by atoms with Crippen molar-refractivity contribution in [2.45, 2.75) is 42.0 Å². The smallest absolute Gasteiger partial charge is 0.211 e. The van der Waals surface area contributed by atoms with Gasteiger partial charge in [-0.2, -0.15) is 0 Å².